The first kappa shape index (κ1) is 20.5. The van der Waals surface area contributed by atoms with Gasteiger partial charge in [0.2, 0.25) is 0 Å². The van der Waals surface area contributed by atoms with Crippen LogP contribution in [0.4, 0.5) is 5.69 Å². The van der Waals surface area contributed by atoms with E-state index >= 15 is 0 Å². The van der Waals surface area contributed by atoms with Crippen LogP contribution in [0.1, 0.15) is 21.5 Å². The summed E-state index contributed by atoms with van der Waals surface area (Å²) in [5.41, 5.74) is 5.40. The molecule has 0 aliphatic heterocycles. The van der Waals surface area contributed by atoms with Gasteiger partial charge in [0.1, 0.15) is 0 Å². The van der Waals surface area contributed by atoms with Crippen molar-refractivity contribution in [2.24, 2.45) is 0 Å². The first-order valence-electron chi connectivity index (χ1n) is 10.2. The van der Waals surface area contributed by atoms with Gasteiger partial charge in [0.15, 0.2) is 0 Å². The highest BCUT2D eigenvalue weighted by atomic mass is 35.5. The number of aromatic nitrogens is 2. The van der Waals surface area contributed by atoms with Gasteiger partial charge in [0, 0.05) is 46.6 Å². The third kappa shape index (κ3) is 4.31. The Labute approximate surface area is 195 Å². The summed E-state index contributed by atoms with van der Waals surface area (Å²) < 4.78 is 2.86. The quantitative estimate of drug-likeness (QED) is 0.308. The number of halogens is 1. The molecule has 5 aromatic rings. The van der Waals surface area contributed by atoms with Crippen molar-refractivity contribution in [3.63, 3.8) is 0 Å². The van der Waals surface area contributed by atoms with Gasteiger partial charge in [0.05, 0.1) is 9.85 Å². The maximum Gasteiger partial charge on any atom is 0.255 e. The predicted octanol–water partition coefficient (Wildman–Crippen LogP) is 7.03. The maximum absolute atomic E-state index is 12.8. The highest BCUT2D eigenvalue weighted by molar-refractivity contribution is 7.19. The number of nitrogens with zero attached hydrogens (tertiary/aromatic N) is 2. The Morgan fingerprint density at radius 3 is 2.56 bits per heavy atom. The van der Waals surface area contributed by atoms with Crippen molar-refractivity contribution < 1.29 is 4.79 Å². The molecule has 3 aromatic heterocycles. The Balaban J connectivity index is 1.35. The second-order valence-electron chi connectivity index (χ2n) is 7.69. The Kier molecular flexibility index (Phi) is 5.52. The lowest BCUT2D eigenvalue weighted by molar-refractivity contribution is 0.102. The molecule has 0 saturated heterocycles. The zero-order valence-electron chi connectivity index (χ0n) is 17.4. The second-order valence-corrected chi connectivity index (χ2v) is 9.41. The van der Waals surface area contributed by atoms with Gasteiger partial charge in [-0.15, -0.1) is 11.3 Å². The van der Waals surface area contributed by atoms with Gasteiger partial charge < -0.3 is 9.88 Å². The molecule has 5 rings (SSSR count). The fourth-order valence-corrected chi connectivity index (χ4v) is 4.74. The van der Waals surface area contributed by atoms with Crippen LogP contribution in [0.5, 0.6) is 0 Å². The number of carbonyl (C=O) groups is 1. The molecule has 0 aliphatic rings. The molecule has 0 saturated carbocycles. The number of pyridine rings is 1. The number of rotatable bonds is 5. The van der Waals surface area contributed by atoms with E-state index in [1.807, 2.05) is 80.1 Å². The Hall–Kier alpha value is -3.41. The van der Waals surface area contributed by atoms with Crippen LogP contribution >= 0.6 is 22.9 Å². The van der Waals surface area contributed by atoms with Crippen LogP contribution in [-0.2, 0) is 6.54 Å². The van der Waals surface area contributed by atoms with Crippen molar-refractivity contribution in [3.05, 3.63) is 106 Å². The van der Waals surface area contributed by atoms with Crippen LogP contribution in [0.3, 0.4) is 0 Å². The third-order valence-corrected chi connectivity index (χ3v) is 6.65. The zero-order valence-corrected chi connectivity index (χ0v) is 19.0. The molecule has 2 aromatic carbocycles. The van der Waals surface area contributed by atoms with Crippen LogP contribution in [0.2, 0.25) is 4.34 Å². The van der Waals surface area contributed by atoms with E-state index in [1.165, 1.54) is 11.3 Å². The molecule has 0 aliphatic carbocycles. The number of hydrogen-bond acceptors (Lipinski definition) is 3. The fraction of sp³-hybridized carbons (Fsp3) is 0.0769. The van der Waals surface area contributed by atoms with E-state index in [4.69, 9.17) is 11.6 Å². The van der Waals surface area contributed by atoms with Crippen molar-refractivity contribution in [1.82, 2.24) is 9.55 Å². The Bertz CT molecular complexity index is 1410. The number of fused-ring (bicyclic) bond motifs is 1. The average Bonchev–Trinajstić information content (AvgIpc) is 3.46. The summed E-state index contributed by atoms with van der Waals surface area (Å²) in [6.07, 6.45) is 5.96. The number of thiophene rings is 1. The van der Waals surface area contributed by atoms with Gasteiger partial charge in [-0.05, 0) is 78.2 Å². The van der Waals surface area contributed by atoms with Gasteiger partial charge in [-0.2, -0.15) is 0 Å². The van der Waals surface area contributed by atoms with E-state index in [0.29, 0.717) is 5.56 Å². The van der Waals surface area contributed by atoms with Crippen molar-refractivity contribution in [3.8, 4) is 10.4 Å². The highest BCUT2D eigenvalue weighted by Crippen LogP contribution is 2.31. The number of hydrogen-bond donors (Lipinski definition) is 1. The summed E-state index contributed by atoms with van der Waals surface area (Å²) in [7, 11) is 0. The Morgan fingerprint density at radius 1 is 1.06 bits per heavy atom. The minimum Gasteiger partial charge on any atom is -0.350 e. The molecule has 32 heavy (non-hydrogen) atoms. The summed E-state index contributed by atoms with van der Waals surface area (Å²) >= 11 is 7.55. The van der Waals surface area contributed by atoms with Gasteiger partial charge in [-0.25, -0.2) is 0 Å². The van der Waals surface area contributed by atoms with Crippen molar-refractivity contribution in [1.29, 1.82) is 0 Å². The molecule has 6 heteroatoms. The van der Waals surface area contributed by atoms with Crippen LogP contribution < -0.4 is 5.32 Å². The van der Waals surface area contributed by atoms with E-state index in [-0.39, 0.29) is 5.91 Å². The van der Waals surface area contributed by atoms with Crippen LogP contribution in [0.25, 0.3) is 21.3 Å². The molecule has 0 atom stereocenters. The molecule has 0 bridgehead atoms. The molecular weight excluding hydrogens is 438 g/mol. The number of amides is 1. The van der Waals surface area contributed by atoms with E-state index < -0.39 is 0 Å². The lowest BCUT2D eigenvalue weighted by atomic mass is 10.1. The second kappa shape index (κ2) is 8.61. The van der Waals surface area contributed by atoms with Crippen LogP contribution in [0, 0.1) is 6.92 Å². The summed E-state index contributed by atoms with van der Waals surface area (Å²) in [5.74, 6) is -0.146. The average molecular weight is 458 g/mol. The summed E-state index contributed by atoms with van der Waals surface area (Å²) in [5, 5.41) is 4.09. The molecule has 1 amide bonds. The Morgan fingerprint density at radius 2 is 1.84 bits per heavy atom. The molecule has 4 nitrogen and oxygen atoms in total. The van der Waals surface area contributed by atoms with Gasteiger partial charge in [-0.1, -0.05) is 23.7 Å². The SMILES string of the molecule is Cc1cc2cc(Cn3cccc3)cnc2cc1NC(=O)c1ccc(-c2ccc(Cl)s2)cc1. The molecule has 158 valence electrons. The standard InChI is InChI=1S/C26H20ClN3OS/c1-17-12-21-13-18(16-30-10-2-3-11-30)15-28-23(21)14-22(17)29-26(31)20-6-4-19(5-7-20)24-8-9-25(27)32-24/h2-15H,16H2,1H3,(H,29,31). The normalized spacial score (nSPS) is 11.1. The lowest BCUT2D eigenvalue weighted by Crippen LogP contribution is -2.12. The zero-order chi connectivity index (χ0) is 22.1. The first-order valence-corrected chi connectivity index (χ1v) is 11.4. The minimum atomic E-state index is -0.146. The van der Waals surface area contributed by atoms with E-state index in [1.54, 1.807) is 0 Å². The molecule has 0 unspecified atom stereocenters. The van der Waals surface area contributed by atoms with Crippen molar-refractivity contribution >= 4 is 45.4 Å². The van der Waals surface area contributed by atoms with Crippen LogP contribution in [-0.4, -0.2) is 15.5 Å². The fourth-order valence-electron chi connectivity index (χ4n) is 3.69. The number of nitrogens with one attached hydrogen (secondary N) is 1. The smallest absolute Gasteiger partial charge is 0.255 e. The molecule has 0 radical (unpaired) electrons. The summed E-state index contributed by atoms with van der Waals surface area (Å²) in [6, 6.07) is 21.6. The maximum atomic E-state index is 12.8. The molecule has 1 N–H and O–H groups in total. The molecule has 0 fully saturated rings. The van der Waals surface area contributed by atoms with E-state index in [0.717, 1.165) is 49.0 Å². The van der Waals surface area contributed by atoms with Gasteiger partial charge >= 0.3 is 0 Å². The first-order chi connectivity index (χ1) is 15.5. The van der Waals surface area contributed by atoms with Gasteiger partial charge in [-0.3, -0.25) is 9.78 Å². The van der Waals surface area contributed by atoms with Gasteiger partial charge in [0.25, 0.3) is 5.91 Å². The highest BCUT2D eigenvalue weighted by Gasteiger charge is 2.11. The van der Waals surface area contributed by atoms with Crippen molar-refractivity contribution in [2.45, 2.75) is 13.5 Å². The monoisotopic (exact) mass is 457 g/mol. The topological polar surface area (TPSA) is 46.9 Å². The number of aryl methyl sites for hydroxylation is 1. The number of anilines is 1. The largest absolute Gasteiger partial charge is 0.350 e. The third-order valence-electron chi connectivity index (χ3n) is 5.37. The molecule has 3 heterocycles. The summed E-state index contributed by atoms with van der Waals surface area (Å²) in [4.78, 5) is 18.5. The van der Waals surface area contributed by atoms with Crippen LogP contribution in [0.15, 0.2) is 85.3 Å². The number of benzene rings is 2. The predicted molar refractivity (Wildman–Crippen MR) is 133 cm³/mol. The molecule has 0 spiro atoms. The van der Waals surface area contributed by atoms with E-state index in [2.05, 4.69) is 27.0 Å². The number of carbonyl (C=O) groups excluding carboxylic acids is 1. The van der Waals surface area contributed by atoms with Crippen molar-refractivity contribution in [2.75, 3.05) is 5.32 Å². The molecular formula is C26H20ClN3OS. The summed E-state index contributed by atoms with van der Waals surface area (Å²) in [6.45, 7) is 2.78. The minimum absolute atomic E-state index is 0.146. The van der Waals surface area contributed by atoms with E-state index in [9.17, 15) is 4.79 Å². The lowest BCUT2D eigenvalue weighted by Gasteiger charge is -2.11.